The van der Waals surface area contributed by atoms with Crippen molar-refractivity contribution in [1.82, 2.24) is 0 Å². The van der Waals surface area contributed by atoms with Crippen LogP contribution in [0.3, 0.4) is 0 Å². The highest BCUT2D eigenvalue weighted by Gasteiger charge is 2.32. The van der Waals surface area contributed by atoms with Gasteiger partial charge in [0.05, 0.1) is 9.85 Å². The molecule has 0 fully saturated rings. The van der Waals surface area contributed by atoms with Crippen LogP contribution in [0, 0.1) is 20.2 Å². The Morgan fingerprint density at radius 1 is 1.19 bits per heavy atom. The molecule has 0 aliphatic heterocycles. The van der Waals surface area contributed by atoms with E-state index in [0.29, 0.717) is 6.07 Å². The van der Waals surface area contributed by atoms with Crippen LogP contribution < -0.4 is 0 Å². The molecule has 0 radical (unpaired) electrons. The SMILES string of the molecule is O=C(O)c1ccc([N+](=O)[O-])c([N+](=O)[O-])c1O. The molecule has 0 spiro atoms. The van der Waals surface area contributed by atoms with Gasteiger partial charge in [-0.15, -0.1) is 0 Å². The molecule has 0 aromatic heterocycles. The predicted molar refractivity (Wildman–Crippen MR) is 48.4 cm³/mol. The van der Waals surface area contributed by atoms with Gasteiger partial charge in [-0.1, -0.05) is 0 Å². The van der Waals surface area contributed by atoms with E-state index >= 15 is 0 Å². The van der Waals surface area contributed by atoms with Crippen LogP contribution in [-0.4, -0.2) is 26.0 Å². The average Bonchev–Trinajstić information content (AvgIpc) is 2.15. The van der Waals surface area contributed by atoms with Crippen molar-refractivity contribution in [3.63, 3.8) is 0 Å². The Labute approximate surface area is 86.9 Å². The molecule has 0 bridgehead atoms. The largest absolute Gasteiger partial charge is 0.501 e. The second-order valence-corrected chi connectivity index (χ2v) is 2.65. The molecule has 0 atom stereocenters. The molecule has 84 valence electrons. The van der Waals surface area contributed by atoms with Gasteiger partial charge < -0.3 is 10.2 Å². The van der Waals surface area contributed by atoms with Gasteiger partial charge in [-0.05, 0) is 6.07 Å². The van der Waals surface area contributed by atoms with E-state index < -0.39 is 38.5 Å². The van der Waals surface area contributed by atoms with Crippen LogP contribution in [0.15, 0.2) is 12.1 Å². The molecule has 2 N–H and O–H groups in total. The molecule has 9 heteroatoms. The Balaban J connectivity index is 3.60. The molecule has 0 amide bonds. The number of rotatable bonds is 3. The van der Waals surface area contributed by atoms with Crippen molar-refractivity contribution >= 4 is 17.3 Å². The molecular formula is C7H4N2O7. The smallest absolute Gasteiger partial charge is 0.388 e. The zero-order chi connectivity index (χ0) is 12.5. The summed E-state index contributed by atoms with van der Waals surface area (Å²) < 4.78 is 0. The normalized spacial score (nSPS) is 9.75. The third-order valence-electron chi connectivity index (χ3n) is 1.74. The van der Waals surface area contributed by atoms with Crippen LogP contribution in [0.25, 0.3) is 0 Å². The third kappa shape index (κ3) is 1.73. The number of nitrogens with zero attached hydrogens (tertiary/aromatic N) is 2. The summed E-state index contributed by atoms with van der Waals surface area (Å²) in [5.41, 5.74) is -2.96. The number of carboxylic acid groups (broad SMARTS) is 1. The van der Waals surface area contributed by atoms with Crippen molar-refractivity contribution in [2.75, 3.05) is 0 Å². The third-order valence-corrected chi connectivity index (χ3v) is 1.74. The van der Waals surface area contributed by atoms with Crippen LogP contribution in [-0.2, 0) is 0 Å². The average molecular weight is 228 g/mol. The van der Waals surface area contributed by atoms with Crippen molar-refractivity contribution in [1.29, 1.82) is 0 Å². The number of hydrogen-bond acceptors (Lipinski definition) is 6. The van der Waals surface area contributed by atoms with Crippen molar-refractivity contribution in [3.05, 3.63) is 37.9 Å². The van der Waals surface area contributed by atoms with Crippen molar-refractivity contribution in [2.45, 2.75) is 0 Å². The molecule has 0 heterocycles. The Morgan fingerprint density at radius 2 is 1.75 bits per heavy atom. The van der Waals surface area contributed by atoms with Gasteiger partial charge in [0, 0.05) is 6.07 Å². The van der Waals surface area contributed by atoms with E-state index in [-0.39, 0.29) is 0 Å². The number of benzene rings is 1. The minimum absolute atomic E-state index is 0.654. The molecule has 0 saturated heterocycles. The van der Waals surface area contributed by atoms with Gasteiger partial charge in [-0.25, -0.2) is 4.79 Å². The van der Waals surface area contributed by atoms with E-state index in [1.54, 1.807) is 0 Å². The van der Waals surface area contributed by atoms with Gasteiger partial charge in [0.25, 0.3) is 0 Å². The molecule has 1 rings (SSSR count). The first-order valence-electron chi connectivity index (χ1n) is 3.74. The Bertz CT molecular complexity index is 496. The molecule has 1 aromatic rings. The van der Waals surface area contributed by atoms with E-state index in [1.807, 2.05) is 0 Å². The summed E-state index contributed by atoms with van der Waals surface area (Å²) in [5, 5.41) is 38.7. The standard InChI is InChI=1S/C7H4N2O7/c10-6-3(7(11)12)1-2-4(8(13)14)5(6)9(15)16/h1-2,10H,(H,11,12). The zero-order valence-corrected chi connectivity index (χ0v) is 7.48. The predicted octanol–water partition coefficient (Wildman–Crippen LogP) is 0.907. The second-order valence-electron chi connectivity index (χ2n) is 2.65. The number of carboxylic acids is 1. The molecule has 0 saturated carbocycles. The summed E-state index contributed by atoms with van der Waals surface area (Å²) >= 11 is 0. The van der Waals surface area contributed by atoms with Crippen molar-refractivity contribution < 1.29 is 24.9 Å². The van der Waals surface area contributed by atoms with Gasteiger partial charge >= 0.3 is 17.3 Å². The first kappa shape index (κ1) is 11.4. The molecule has 0 unspecified atom stereocenters. The van der Waals surface area contributed by atoms with Gasteiger partial charge in [0.2, 0.25) is 5.75 Å². The Hall–Kier alpha value is -2.71. The lowest BCUT2D eigenvalue weighted by atomic mass is 10.1. The number of nitro benzene ring substituents is 2. The second kappa shape index (κ2) is 3.81. The van der Waals surface area contributed by atoms with Crippen LogP contribution in [0.4, 0.5) is 11.4 Å². The molecule has 16 heavy (non-hydrogen) atoms. The van der Waals surface area contributed by atoms with Gasteiger partial charge in [0.1, 0.15) is 5.56 Å². The molecule has 9 nitrogen and oxygen atoms in total. The van der Waals surface area contributed by atoms with Crippen molar-refractivity contribution in [3.8, 4) is 5.75 Å². The summed E-state index contributed by atoms with van der Waals surface area (Å²) in [6.45, 7) is 0. The molecule has 0 aliphatic carbocycles. The van der Waals surface area contributed by atoms with E-state index in [9.17, 15) is 30.1 Å². The fourth-order valence-electron chi connectivity index (χ4n) is 1.07. The first-order valence-corrected chi connectivity index (χ1v) is 3.74. The fraction of sp³-hybridized carbons (Fsp3) is 0. The van der Waals surface area contributed by atoms with E-state index in [4.69, 9.17) is 5.11 Å². The lowest BCUT2D eigenvalue weighted by Gasteiger charge is -2.00. The van der Waals surface area contributed by atoms with Gasteiger partial charge in [-0.3, -0.25) is 20.2 Å². The monoisotopic (exact) mass is 228 g/mol. The van der Waals surface area contributed by atoms with Crippen molar-refractivity contribution in [2.24, 2.45) is 0 Å². The maximum absolute atomic E-state index is 10.5. The summed E-state index contributed by atoms with van der Waals surface area (Å²) in [6, 6.07) is 1.38. The number of carbonyl (C=O) groups is 1. The molecule has 0 aliphatic rings. The quantitative estimate of drug-likeness (QED) is 0.577. The number of hydrogen-bond donors (Lipinski definition) is 2. The van der Waals surface area contributed by atoms with Crippen LogP contribution >= 0.6 is 0 Å². The van der Waals surface area contributed by atoms with E-state index in [1.165, 1.54) is 0 Å². The fourth-order valence-corrected chi connectivity index (χ4v) is 1.07. The number of nitro groups is 2. The lowest BCUT2D eigenvalue weighted by Crippen LogP contribution is -2.02. The highest BCUT2D eigenvalue weighted by Crippen LogP contribution is 2.38. The summed E-state index contributed by atoms with van der Waals surface area (Å²) in [7, 11) is 0. The highest BCUT2D eigenvalue weighted by molar-refractivity contribution is 5.93. The lowest BCUT2D eigenvalue weighted by molar-refractivity contribution is -0.423. The Kier molecular flexibility index (Phi) is 2.70. The number of aromatic hydroxyl groups is 1. The van der Waals surface area contributed by atoms with Gasteiger partial charge in [-0.2, -0.15) is 0 Å². The number of aromatic carboxylic acids is 1. The van der Waals surface area contributed by atoms with Crippen LogP contribution in [0.5, 0.6) is 5.75 Å². The van der Waals surface area contributed by atoms with E-state index in [2.05, 4.69) is 0 Å². The number of phenols is 1. The molecular weight excluding hydrogens is 224 g/mol. The summed E-state index contributed by atoms with van der Waals surface area (Å²) in [6.07, 6.45) is 0. The first-order chi connectivity index (χ1) is 7.36. The topological polar surface area (TPSA) is 144 Å². The highest BCUT2D eigenvalue weighted by atomic mass is 16.6. The minimum atomic E-state index is -1.62. The summed E-state index contributed by atoms with van der Waals surface area (Å²) in [5.74, 6) is -2.85. The van der Waals surface area contributed by atoms with E-state index in [0.717, 1.165) is 6.07 Å². The van der Waals surface area contributed by atoms with Crippen LogP contribution in [0.2, 0.25) is 0 Å². The zero-order valence-electron chi connectivity index (χ0n) is 7.48. The van der Waals surface area contributed by atoms with Crippen LogP contribution in [0.1, 0.15) is 10.4 Å². The maximum atomic E-state index is 10.5. The molecule has 1 aromatic carbocycles. The van der Waals surface area contributed by atoms with Gasteiger partial charge in [0.15, 0.2) is 0 Å². The minimum Gasteiger partial charge on any atom is -0.501 e. The summed E-state index contributed by atoms with van der Waals surface area (Å²) in [4.78, 5) is 29.1. The maximum Gasteiger partial charge on any atom is 0.388 e. The Morgan fingerprint density at radius 3 is 2.12 bits per heavy atom.